The van der Waals surface area contributed by atoms with E-state index in [9.17, 15) is 14.4 Å². The molecule has 2 aliphatic rings. The zero-order chi connectivity index (χ0) is 20.5. The van der Waals surface area contributed by atoms with Crippen LogP contribution < -0.4 is 14.4 Å². The van der Waals surface area contributed by atoms with Crippen LogP contribution in [-0.2, 0) is 9.59 Å². The molecule has 0 bridgehead atoms. The van der Waals surface area contributed by atoms with Crippen LogP contribution in [0.2, 0.25) is 0 Å². The molecule has 0 unspecified atom stereocenters. The zero-order valence-electron chi connectivity index (χ0n) is 16.3. The van der Waals surface area contributed by atoms with Gasteiger partial charge in [-0.2, -0.15) is 0 Å². The van der Waals surface area contributed by atoms with Crippen LogP contribution in [-0.4, -0.2) is 24.9 Å². The number of allylic oxidation sites excluding steroid dienone is 2. The summed E-state index contributed by atoms with van der Waals surface area (Å²) in [4.78, 5) is 39.2. The molecule has 1 heterocycles. The summed E-state index contributed by atoms with van der Waals surface area (Å²) in [6, 6.07) is 13.2. The maximum atomic E-state index is 12.8. The standard InChI is InChI=1S/C23H21NO5/c1-14-7-12-17-19(13-14)22(26)24(21(17)25)15-8-10-16(11-9-15)29-23(27)18-5-3-4-6-20(18)28-2/h3-11,17,19H,12-13H2,1-2H3/t17-,19-/m0/s1. The monoisotopic (exact) mass is 391 g/mol. The molecule has 0 aromatic heterocycles. The van der Waals surface area contributed by atoms with Crippen molar-refractivity contribution in [3.63, 3.8) is 0 Å². The number of fused-ring (bicyclic) bond motifs is 1. The maximum absolute atomic E-state index is 12.8. The number of methoxy groups -OCH3 is 1. The summed E-state index contributed by atoms with van der Waals surface area (Å²) in [6.45, 7) is 1.99. The fourth-order valence-corrected chi connectivity index (χ4v) is 3.93. The Kier molecular flexibility index (Phi) is 4.92. The molecule has 148 valence electrons. The van der Waals surface area contributed by atoms with Gasteiger partial charge < -0.3 is 9.47 Å². The van der Waals surface area contributed by atoms with Crippen molar-refractivity contribution < 1.29 is 23.9 Å². The Bertz CT molecular complexity index is 1010. The first-order valence-corrected chi connectivity index (χ1v) is 9.48. The largest absolute Gasteiger partial charge is 0.496 e. The Hall–Kier alpha value is -3.41. The first kappa shape index (κ1) is 18.9. The molecule has 0 radical (unpaired) electrons. The molecule has 2 aromatic carbocycles. The van der Waals surface area contributed by atoms with Crippen LogP contribution in [0.15, 0.2) is 60.2 Å². The second kappa shape index (κ2) is 7.54. The van der Waals surface area contributed by atoms with Crippen LogP contribution in [0.25, 0.3) is 0 Å². The van der Waals surface area contributed by atoms with Crippen LogP contribution in [0.4, 0.5) is 5.69 Å². The number of esters is 1. The van der Waals surface area contributed by atoms with E-state index in [2.05, 4.69) is 0 Å². The molecule has 6 heteroatoms. The lowest BCUT2D eigenvalue weighted by Crippen LogP contribution is -2.30. The SMILES string of the molecule is COc1ccccc1C(=O)Oc1ccc(N2C(=O)[C@H]3CC=C(C)C[C@@H]3C2=O)cc1. The fourth-order valence-electron chi connectivity index (χ4n) is 3.93. The lowest BCUT2D eigenvalue weighted by molar-refractivity contribution is -0.122. The van der Waals surface area contributed by atoms with Crippen molar-refractivity contribution in [1.29, 1.82) is 0 Å². The van der Waals surface area contributed by atoms with Crippen LogP contribution in [0.5, 0.6) is 11.5 Å². The van der Waals surface area contributed by atoms with E-state index in [1.54, 1.807) is 48.5 Å². The van der Waals surface area contributed by atoms with Crippen molar-refractivity contribution in [2.75, 3.05) is 12.0 Å². The predicted molar refractivity (Wildman–Crippen MR) is 107 cm³/mol. The number of nitrogens with zero attached hydrogens (tertiary/aromatic N) is 1. The van der Waals surface area contributed by atoms with Crippen molar-refractivity contribution in [2.45, 2.75) is 19.8 Å². The molecule has 0 spiro atoms. The molecule has 1 aliphatic carbocycles. The number of carbonyl (C=O) groups excluding carboxylic acids is 3. The van der Waals surface area contributed by atoms with E-state index in [4.69, 9.17) is 9.47 Å². The zero-order valence-corrected chi connectivity index (χ0v) is 16.3. The molecule has 6 nitrogen and oxygen atoms in total. The van der Waals surface area contributed by atoms with Crippen molar-refractivity contribution >= 4 is 23.5 Å². The third kappa shape index (κ3) is 3.42. The molecule has 1 fully saturated rings. The Morgan fingerprint density at radius 2 is 1.69 bits per heavy atom. The highest BCUT2D eigenvalue weighted by molar-refractivity contribution is 6.22. The number of imide groups is 1. The molecule has 0 N–H and O–H groups in total. The van der Waals surface area contributed by atoms with Crippen LogP contribution in [0.3, 0.4) is 0 Å². The first-order chi connectivity index (χ1) is 14.0. The summed E-state index contributed by atoms with van der Waals surface area (Å²) in [6.07, 6.45) is 3.27. The minimum Gasteiger partial charge on any atom is -0.496 e. The Balaban J connectivity index is 1.51. The molecule has 29 heavy (non-hydrogen) atoms. The first-order valence-electron chi connectivity index (χ1n) is 9.48. The van der Waals surface area contributed by atoms with Crippen molar-refractivity contribution in [1.82, 2.24) is 0 Å². The summed E-state index contributed by atoms with van der Waals surface area (Å²) < 4.78 is 10.6. The second-order valence-electron chi connectivity index (χ2n) is 7.30. The minimum absolute atomic E-state index is 0.161. The normalized spacial score (nSPS) is 20.9. The Labute approximate surface area is 168 Å². The molecule has 2 aromatic rings. The third-order valence-corrected chi connectivity index (χ3v) is 5.46. The average Bonchev–Trinajstić information content (AvgIpc) is 2.98. The molecule has 2 atom stereocenters. The number of benzene rings is 2. The minimum atomic E-state index is -0.545. The molecule has 1 saturated heterocycles. The predicted octanol–water partition coefficient (Wildman–Crippen LogP) is 3.76. The molecule has 4 rings (SSSR count). The quantitative estimate of drug-likeness (QED) is 0.343. The number of para-hydroxylation sites is 1. The lowest BCUT2D eigenvalue weighted by atomic mass is 9.82. The summed E-state index contributed by atoms with van der Waals surface area (Å²) in [5, 5.41) is 0. The molecular formula is C23H21NO5. The number of ether oxygens (including phenoxy) is 2. The number of hydrogen-bond acceptors (Lipinski definition) is 5. The fraction of sp³-hybridized carbons (Fsp3) is 0.261. The van der Waals surface area contributed by atoms with E-state index in [1.807, 2.05) is 13.0 Å². The Morgan fingerprint density at radius 1 is 1.00 bits per heavy atom. The van der Waals surface area contributed by atoms with Gasteiger partial charge >= 0.3 is 5.97 Å². The van der Waals surface area contributed by atoms with Crippen molar-refractivity contribution in [3.05, 3.63) is 65.7 Å². The van der Waals surface area contributed by atoms with Gasteiger partial charge in [0, 0.05) is 0 Å². The van der Waals surface area contributed by atoms with E-state index >= 15 is 0 Å². The van der Waals surface area contributed by atoms with E-state index < -0.39 is 5.97 Å². The summed E-state index contributed by atoms with van der Waals surface area (Å²) in [5.74, 6) is -0.692. The molecule has 0 saturated carbocycles. The van der Waals surface area contributed by atoms with Gasteiger partial charge in [0.25, 0.3) is 0 Å². The van der Waals surface area contributed by atoms with Crippen molar-refractivity contribution in [2.24, 2.45) is 11.8 Å². The van der Waals surface area contributed by atoms with Gasteiger partial charge in [0.05, 0.1) is 24.6 Å². The molecular weight excluding hydrogens is 370 g/mol. The smallest absolute Gasteiger partial charge is 0.347 e. The highest BCUT2D eigenvalue weighted by Crippen LogP contribution is 2.40. The number of rotatable bonds is 4. The summed E-state index contributed by atoms with van der Waals surface area (Å²) in [7, 11) is 1.49. The summed E-state index contributed by atoms with van der Waals surface area (Å²) >= 11 is 0. The maximum Gasteiger partial charge on any atom is 0.347 e. The number of carbonyl (C=O) groups is 3. The molecule has 1 aliphatic heterocycles. The number of hydrogen-bond donors (Lipinski definition) is 0. The van der Waals surface area contributed by atoms with E-state index in [0.717, 1.165) is 5.57 Å². The van der Waals surface area contributed by atoms with Crippen molar-refractivity contribution in [3.8, 4) is 11.5 Å². The summed E-state index contributed by atoms with van der Waals surface area (Å²) in [5.41, 5.74) is 1.95. The second-order valence-corrected chi connectivity index (χ2v) is 7.30. The highest BCUT2D eigenvalue weighted by Gasteiger charge is 2.48. The van der Waals surface area contributed by atoms with Gasteiger partial charge in [-0.15, -0.1) is 0 Å². The lowest BCUT2D eigenvalue weighted by Gasteiger charge is -2.18. The van der Waals surface area contributed by atoms with Gasteiger partial charge in [0.15, 0.2) is 0 Å². The van der Waals surface area contributed by atoms with E-state index in [0.29, 0.717) is 35.6 Å². The van der Waals surface area contributed by atoms with Crippen LogP contribution >= 0.6 is 0 Å². The van der Waals surface area contributed by atoms with Crippen LogP contribution in [0.1, 0.15) is 30.1 Å². The molecule has 2 amide bonds. The number of amides is 2. The Morgan fingerprint density at radius 3 is 2.41 bits per heavy atom. The van der Waals surface area contributed by atoms with Gasteiger partial charge in [-0.25, -0.2) is 4.79 Å². The van der Waals surface area contributed by atoms with Gasteiger partial charge in [-0.1, -0.05) is 23.8 Å². The average molecular weight is 391 g/mol. The van der Waals surface area contributed by atoms with Gasteiger partial charge in [-0.3, -0.25) is 14.5 Å². The highest BCUT2D eigenvalue weighted by atomic mass is 16.5. The van der Waals surface area contributed by atoms with E-state index in [1.165, 1.54) is 12.0 Å². The van der Waals surface area contributed by atoms with Gasteiger partial charge in [0.1, 0.15) is 17.1 Å². The number of anilines is 1. The van der Waals surface area contributed by atoms with Gasteiger partial charge in [-0.05, 0) is 56.2 Å². The van der Waals surface area contributed by atoms with E-state index in [-0.39, 0.29) is 23.7 Å². The van der Waals surface area contributed by atoms with Crippen LogP contribution in [0, 0.1) is 11.8 Å². The van der Waals surface area contributed by atoms with Gasteiger partial charge in [0.2, 0.25) is 11.8 Å². The third-order valence-electron chi connectivity index (χ3n) is 5.46. The topological polar surface area (TPSA) is 72.9 Å².